The molecule has 0 aliphatic heterocycles. The molecule has 0 spiro atoms. The monoisotopic (exact) mass is 376 g/mol. The predicted molar refractivity (Wildman–Crippen MR) is 106 cm³/mol. The molecule has 1 saturated carbocycles. The molecule has 3 aromatic rings. The van der Waals surface area contributed by atoms with Crippen LogP contribution in [0.4, 0.5) is 10.2 Å². The van der Waals surface area contributed by atoms with Gasteiger partial charge in [-0.15, -0.1) is 0 Å². The van der Waals surface area contributed by atoms with Crippen molar-refractivity contribution in [2.45, 2.75) is 39.2 Å². The van der Waals surface area contributed by atoms with E-state index in [1.165, 1.54) is 18.5 Å². The van der Waals surface area contributed by atoms with Crippen LogP contribution < -0.4 is 5.73 Å². The number of fused-ring (bicyclic) bond motifs is 1. The highest BCUT2D eigenvalue weighted by Crippen LogP contribution is 2.34. The maximum atomic E-state index is 14.1. The number of ketones is 1. The van der Waals surface area contributed by atoms with E-state index in [1.807, 2.05) is 24.6 Å². The van der Waals surface area contributed by atoms with Crippen LogP contribution in [0.1, 0.15) is 60.6 Å². The smallest absolute Gasteiger partial charge is 0.166 e. The third-order valence-corrected chi connectivity index (χ3v) is 4.97. The number of Topliss-reactive ketones (excluding diaryl/α,β-unsaturated/α-hetero) is 1. The molecule has 0 atom stereocenters. The molecule has 0 unspecified atom stereocenters. The number of anilines is 1. The second-order valence-corrected chi connectivity index (χ2v) is 7.52. The molecule has 1 aliphatic rings. The Hall–Kier alpha value is -3.20. The van der Waals surface area contributed by atoms with Crippen LogP contribution in [-0.2, 0) is 0 Å². The van der Waals surface area contributed by atoms with Gasteiger partial charge in [-0.25, -0.2) is 14.4 Å². The summed E-state index contributed by atoms with van der Waals surface area (Å²) in [6.45, 7) is 4.10. The lowest BCUT2D eigenvalue weighted by Gasteiger charge is -2.07. The average Bonchev–Trinajstić information content (AvgIpc) is 3.38. The van der Waals surface area contributed by atoms with E-state index >= 15 is 0 Å². The maximum absolute atomic E-state index is 14.1. The number of carbonyl (C=O) groups is 1. The molecule has 0 radical (unpaired) electrons. The summed E-state index contributed by atoms with van der Waals surface area (Å²) in [7, 11) is 0. The van der Waals surface area contributed by atoms with Crippen molar-refractivity contribution in [2.24, 2.45) is 5.92 Å². The van der Waals surface area contributed by atoms with Crippen LogP contribution in [0.3, 0.4) is 0 Å². The van der Waals surface area contributed by atoms with Crippen molar-refractivity contribution < 1.29 is 9.18 Å². The topological polar surface area (TPSA) is 73.8 Å². The fourth-order valence-electron chi connectivity index (χ4n) is 3.25. The summed E-state index contributed by atoms with van der Waals surface area (Å²) in [5, 5.41) is 0.704. The van der Waals surface area contributed by atoms with E-state index in [0.717, 1.165) is 18.5 Å². The summed E-state index contributed by atoms with van der Waals surface area (Å²) in [5.41, 5.74) is 8.18. The SMILES string of the molecule is CC(C)n1cc(C#Cc2ccc(F)c(C(=O)CC3CC3)c2)c2c(N)ncnc21. The van der Waals surface area contributed by atoms with Gasteiger partial charge in [-0.05, 0) is 50.8 Å². The van der Waals surface area contributed by atoms with Gasteiger partial charge < -0.3 is 10.3 Å². The molecule has 0 bridgehead atoms. The highest BCUT2D eigenvalue weighted by molar-refractivity contribution is 5.97. The zero-order valence-electron chi connectivity index (χ0n) is 15.9. The van der Waals surface area contributed by atoms with Crippen LogP contribution in [-0.4, -0.2) is 20.3 Å². The van der Waals surface area contributed by atoms with Crippen molar-refractivity contribution in [1.82, 2.24) is 14.5 Å². The van der Waals surface area contributed by atoms with Crippen LogP contribution in [0.15, 0.2) is 30.7 Å². The van der Waals surface area contributed by atoms with Crippen LogP contribution in [0.2, 0.25) is 0 Å². The Morgan fingerprint density at radius 1 is 1.32 bits per heavy atom. The summed E-state index contributed by atoms with van der Waals surface area (Å²) in [5.74, 6) is 6.25. The van der Waals surface area contributed by atoms with E-state index in [9.17, 15) is 9.18 Å². The fraction of sp³-hybridized carbons (Fsp3) is 0.318. The Kier molecular flexibility index (Phi) is 4.60. The molecule has 4 rings (SSSR count). The summed E-state index contributed by atoms with van der Waals surface area (Å²) in [6, 6.07) is 4.61. The standard InChI is InChI=1S/C22H21FN4O/c1-13(2)27-11-16(20-21(24)25-12-26-22(20)27)7-5-14-6-8-18(23)17(9-14)19(28)10-15-3-4-15/h6,8-9,11-13,15H,3-4,10H2,1-2H3,(H2,24,25,26). The van der Waals surface area contributed by atoms with Gasteiger partial charge in [0.05, 0.1) is 16.5 Å². The molecule has 28 heavy (non-hydrogen) atoms. The minimum atomic E-state index is -0.495. The van der Waals surface area contributed by atoms with E-state index in [0.29, 0.717) is 34.7 Å². The minimum absolute atomic E-state index is 0.117. The second kappa shape index (κ2) is 7.08. The quantitative estimate of drug-likeness (QED) is 0.549. The predicted octanol–water partition coefficient (Wildman–Crippen LogP) is 4.12. The van der Waals surface area contributed by atoms with Gasteiger partial charge in [0.25, 0.3) is 0 Å². The first-order valence-electron chi connectivity index (χ1n) is 9.40. The average molecular weight is 376 g/mol. The lowest BCUT2D eigenvalue weighted by molar-refractivity contribution is 0.0972. The first-order valence-corrected chi connectivity index (χ1v) is 9.40. The van der Waals surface area contributed by atoms with Gasteiger partial charge in [0.2, 0.25) is 0 Å². The first kappa shape index (κ1) is 18.2. The number of nitrogens with zero attached hydrogens (tertiary/aromatic N) is 3. The lowest BCUT2D eigenvalue weighted by Crippen LogP contribution is -2.03. The third-order valence-electron chi connectivity index (χ3n) is 4.97. The van der Waals surface area contributed by atoms with Gasteiger partial charge in [-0.2, -0.15) is 0 Å². The normalized spacial score (nSPS) is 13.6. The Morgan fingerprint density at radius 2 is 2.11 bits per heavy atom. The number of halogens is 1. The van der Waals surface area contributed by atoms with Gasteiger partial charge in [0.15, 0.2) is 5.78 Å². The Labute approximate surface area is 162 Å². The Bertz CT molecular complexity index is 1130. The Balaban J connectivity index is 1.72. The molecule has 0 amide bonds. The first-order chi connectivity index (χ1) is 13.4. The number of benzene rings is 1. The molecule has 2 aromatic heterocycles. The van der Waals surface area contributed by atoms with E-state index in [2.05, 4.69) is 21.8 Å². The zero-order chi connectivity index (χ0) is 19.8. The summed E-state index contributed by atoms with van der Waals surface area (Å²) in [6.07, 6.45) is 5.84. The summed E-state index contributed by atoms with van der Waals surface area (Å²) in [4.78, 5) is 20.7. The zero-order valence-corrected chi connectivity index (χ0v) is 15.9. The molecule has 6 heteroatoms. The van der Waals surface area contributed by atoms with Crippen LogP contribution in [0.5, 0.6) is 0 Å². The van der Waals surface area contributed by atoms with Gasteiger partial charge >= 0.3 is 0 Å². The maximum Gasteiger partial charge on any atom is 0.166 e. The van der Waals surface area contributed by atoms with Crippen molar-refractivity contribution in [1.29, 1.82) is 0 Å². The number of rotatable bonds is 4. The van der Waals surface area contributed by atoms with Gasteiger partial charge in [0.1, 0.15) is 23.6 Å². The number of hydrogen-bond donors (Lipinski definition) is 1. The molecular formula is C22H21FN4O. The van der Waals surface area contributed by atoms with Crippen molar-refractivity contribution in [3.8, 4) is 11.8 Å². The van der Waals surface area contributed by atoms with Crippen LogP contribution >= 0.6 is 0 Å². The minimum Gasteiger partial charge on any atom is -0.383 e. The van der Waals surface area contributed by atoms with Crippen LogP contribution in [0.25, 0.3) is 11.0 Å². The second-order valence-electron chi connectivity index (χ2n) is 7.52. The van der Waals surface area contributed by atoms with Gasteiger partial charge in [-0.3, -0.25) is 4.79 Å². The summed E-state index contributed by atoms with van der Waals surface area (Å²) >= 11 is 0. The fourth-order valence-corrected chi connectivity index (χ4v) is 3.25. The molecule has 1 aliphatic carbocycles. The molecular weight excluding hydrogens is 355 g/mol. The molecule has 1 fully saturated rings. The van der Waals surface area contributed by atoms with E-state index in [1.54, 1.807) is 6.07 Å². The summed E-state index contributed by atoms with van der Waals surface area (Å²) < 4.78 is 16.1. The van der Waals surface area contributed by atoms with Crippen molar-refractivity contribution in [3.63, 3.8) is 0 Å². The van der Waals surface area contributed by atoms with Crippen molar-refractivity contribution in [3.05, 3.63) is 53.2 Å². The highest BCUT2D eigenvalue weighted by Gasteiger charge is 2.26. The van der Waals surface area contributed by atoms with E-state index in [4.69, 9.17) is 5.73 Å². The highest BCUT2D eigenvalue weighted by atomic mass is 19.1. The third kappa shape index (κ3) is 3.48. The molecule has 0 saturated heterocycles. The van der Waals surface area contributed by atoms with Crippen molar-refractivity contribution in [2.75, 3.05) is 5.73 Å². The molecule has 5 nitrogen and oxygen atoms in total. The van der Waals surface area contributed by atoms with Gasteiger partial charge in [-0.1, -0.05) is 11.8 Å². The molecule has 142 valence electrons. The number of hydrogen-bond acceptors (Lipinski definition) is 4. The van der Waals surface area contributed by atoms with E-state index in [-0.39, 0.29) is 17.4 Å². The largest absolute Gasteiger partial charge is 0.383 e. The van der Waals surface area contributed by atoms with Crippen molar-refractivity contribution >= 4 is 22.6 Å². The lowest BCUT2D eigenvalue weighted by atomic mass is 10.0. The molecule has 1 aromatic carbocycles. The van der Waals surface area contributed by atoms with Crippen LogP contribution in [0, 0.1) is 23.6 Å². The number of aromatic nitrogens is 3. The van der Waals surface area contributed by atoms with Gasteiger partial charge in [0, 0.05) is 24.2 Å². The number of carbonyl (C=O) groups excluding carboxylic acids is 1. The molecule has 2 N–H and O–H groups in total. The number of nitrogens with two attached hydrogens (primary N) is 1. The number of nitrogen functional groups attached to an aromatic ring is 1. The van der Waals surface area contributed by atoms with E-state index < -0.39 is 5.82 Å². The molecule has 2 heterocycles. The Morgan fingerprint density at radius 3 is 2.82 bits per heavy atom.